The van der Waals surface area contributed by atoms with Gasteiger partial charge in [-0.1, -0.05) is 26.2 Å². The van der Waals surface area contributed by atoms with Crippen molar-refractivity contribution in [3.05, 3.63) is 0 Å². The Kier molecular flexibility index (Phi) is 4.79. The van der Waals surface area contributed by atoms with Gasteiger partial charge in [0.25, 0.3) is 5.92 Å². The highest BCUT2D eigenvalue weighted by Crippen LogP contribution is 2.33. The first-order valence-electron chi connectivity index (χ1n) is 5.78. The van der Waals surface area contributed by atoms with Crippen LogP contribution in [-0.2, 0) is 0 Å². The molecule has 14 heavy (non-hydrogen) atoms. The summed E-state index contributed by atoms with van der Waals surface area (Å²) >= 11 is 0. The van der Waals surface area contributed by atoms with Gasteiger partial charge in [0.1, 0.15) is 0 Å². The molecule has 84 valence electrons. The molecule has 0 heterocycles. The Morgan fingerprint density at radius 3 is 2.71 bits per heavy atom. The molecule has 0 aromatic heterocycles. The first kappa shape index (κ1) is 11.9. The Morgan fingerprint density at radius 1 is 1.29 bits per heavy atom. The molecule has 1 nitrogen and oxygen atoms in total. The predicted molar refractivity (Wildman–Crippen MR) is 54.7 cm³/mol. The van der Waals surface area contributed by atoms with Crippen LogP contribution >= 0.6 is 0 Å². The van der Waals surface area contributed by atoms with E-state index in [-0.39, 0.29) is 6.42 Å². The number of unbranched alkanes of at least 4 members (excludes halogenated alkanes) is 2. The molecule has 0 radical (unpaired) electrons. The van der Waals surface area contributed by atoms with Crippen molar-refractivity contribution >= 4 is 0 Å². The number of alkyl halides is 2. The molecule has 0 aromatic rings. The molecule has 0 spiro atoms. The minimum atomic E-state index is -2.47. The van der Waals surface area contributed by atoms with Crippen LogP contribution in [0.2, 0.25) is 0 Å². The molecule has 0 amide bonds. The molecule has 1 N–H and O–H groups in total. The van der Waals surface area contributed by atoms with Crippen LogP contribution < -0.4 is 5.32 Å². The second-order valence-electron chi connectivity index (χ2n) is 4.22. The number of rotatable bonds is 5. The summed E-state index contributed by atoms with van der Waals surface area (Å²) in [5, 5.41) is 3.00. The molecule has 1 aliphatic rings. The average molecular weight is 205 g/mol. The van der Waals surface area contributed by atoms with E-state index in [9.17, 15) is 8.78 Å². The standard InChI is InChI=1S/C11H21F2N/c1-2-3-6-9-14-10-7-4-5-8-11(10,12)13/h10,14H,2-9H2,1H3. The van der Waals surface area contributed by atoms with Gasteiger partial charge in [0.2, 0.25) is 0 Å². The zero-order valence-electron chi connectivity index (χ0n) is 8.99. The molecule has 1 aliphatic carbocycles. The fourth-order valence-electron chi connectivity index (χ4n) is 2.00. The lowest BCUT2D eigenvalue weighted by molar-refractivity contribution is -0.0634. The third-order valence-corrected chi connectivity index (χ3v) is 2.93. The molecular weight excluding hydrogens is 184 g/mol. The van der Waals surface area contributed by atoms with Crippen LogP contribution in [0, 0.1) is 0 Å². The molecule has 1 fully saturated rings. The minimum Gasteiger partial charge on any atom is -0.309 e. The van der Waals surface area contributed by atoms with Crippen molar-refractivity contribution in [3.63, 3.8) is 0 Å². The number of halogens is 2. The van der Waals surface area contributed by atoms with Crippen molar-refractivity contribution in [1.82, 2.24) is 5.32 Å². The van der Waals surface area contributed by atoms with Crippen LogP contribution in [-0.4, -0.2) is 18.5 Å². The molecule has 0 aromatic carbocycles. The van der Waals surface area contributed by atoms with Gasteiger partial charge < -0.3 is 5.32 Å². The molecule has 1 unspecified atom stereocenters. The summed E-state index contributed by atoms with van der Waals surface area (Å²) in [6, 6.07) is -0.562. The summed E-state index contributed by atoms with van der Waals surface area (Å²) in [7, 11) is 0. The maximum absolute atomic E-state index is 13.3. The Bertz CT molecular complexity index is 159. The summed E-state index contributed by atoms with van der Waals surface area (Å²) in [4.78, 5) is 0. The van der Waals surface area contributed by atoms with Gasteiger partial charge in [0.15, 0.2) is 0 Å². The lowest BCUT2D eigenvalue weighted by Crippen LogP contribution is -2.47. The molecule has 1 saturated carbocycles. The topological polar surface area (TPSA) is 12.0 Å². The van der Waals surface area contributed by atoms with E-state index >= 15 is 0 Å². The number of hydrogen-bond acceptors (Lipinski definition) is 1. The minimum absolute atomic E-state index is 0.0679. The summed E-state index contributed by atoms with van der Waals surface area (Å²) < 4.78 is 26.6. The summed E-state index contributed by atoms with van der Waals surface area (Å²) in [6.45, 7) is 2.86. The molecule has 0 saturated heterocycles. The Morgan fingerprint density at radius 2 is 2.07 bits per heavy atom. The maximum atomic E-state index is 13.3. The lowest BCUT2D eigenvalue weighted by Gasteiger charge is -2.32. The second kappa shape index (κ2) is 5.64. The van der Waals surface area contributed by atoms with E-state index in [2.05, 4.69) is 12.2 Å². The smallest absolute Gasteiger partial charge is 0.263 e. The van der Waals surface area contributed by atoms with E-state index < -0.39 is 12.0 Å². The van der Waals surface area contributed by atoms with E-state index in [1.54, 1.807) is 0 Å². The highest BCUT2D eigenvalue weighted by atomic mass is 19.3. The maximum Gasteiger partial charge on any atom is 0.263 e. The highest BCUT2D eigenvalue weighted by molar-refractivity contribution is 4.87. The fraction of sp³-hybridized carbons (Fsp3) is 1.00. The first-order chi connectivity index (χ1) is 6.67. The average Bonchev–Trinajstić information content (AvgIpc) is 2.14. The third-order valence-electron chi connectivity index (χ3n) is 2.93. The van der Waals surface area contributed by atoms with Crippen molar-refractivity contribution in [2.75, 3.05) is 6.54 Å². The van der Waals surface area contributed by atoms with Gasteiger partial charge >= 0.3 is 0 Å². The zero-order chi connectivity index (χ0) is 10.4. The van der Waals surface area contributed by atoms with Crippen LogP contribution in [0.1, 0.15) is 51.9 Å². The lowest BCUT2D eigenvalue weighted by atomic mass is 9.91. The van der Waals surface area contributed by atoms with E-state index in [1.807, 2.05) is 0 Å². The Hall–Kier alpha value is -0.180. The van der Waals surface area contributed by atoms with Gasteiger partial charge in [-0.2, -0.15) is 0 Å². The van der Waals surface area contributed by atoms with Gasteiger partial charge in [-0.25, -0.2) is 8.78 Å². The van der Waals surface area contributed by atoms with Crippen molar-refractivity contribution in [1.29, 1.82) is 0 Å². The van der Waals surface area contributed by atoms with E-state index in [0.29, 0.717) is 12.8 Å². The summed E-state index contributed by atoms with van der Waals surface area (Å²) in [6.07, 6.45) is 5.62. The van der Waals surface area contributed by atoms with Crippen LogP contribution in [0.25, 0.3) is 0 Å². The van der Waals surface area contributed by atoms with Crippen LogP contribution in [0.3, 0.4) is 0 Å². The molecule has 1 rings (SSSR count). The third kappa shape index (κ3) is 3.52. The van der Waals surface area contributed by atoms with Crippen LogP contribution in [0.5, 0.6) is 0 Å². The summed E-state index contributed by atoms with van der Waals surface area (Å²) in [5.74, 6) is -2.47. The monoisotopic (exact) mass is 205 g/mol. The highest BCUT2D eigenvalue weighted by Gasteiger charge is 2.40. The van der Waals surface area contributed by atoms with E-state index in [0.717, 1.165) is 32.2 Å². The molecule has 0 bridgehead atoms. The van der Waals surface area contributed by atoms with E-state index in [4.69, 9.17) is 0 Å². The Balaban J connectivity index is 2.20. The van der Waals surface area contributed by atoms with Gasteiger partial charge in [0.05, 0.1) is 6.04 Å². The van der Waals surface area contributed by atoms with Crippen LogP contribution in [0.15, 0.2) is 0 Å². The quantitative estimate of drug-likeness (QED) is 0.679. The Labute approximate surface area is 85.3 Å². The number of nitrogens with one attached hydrogen (secondary N) is 1. The SMILES string of the molecule is CCCCCNC1CCCCC1(F)F. The van der Waals surface area contributed by atoms with Crippen molar-refractivity contribution < 1.29 is 8.78 Å². The van der Waals surface area contributed by atoms with E-state index in [1.165, 1.54) is 0 Å². The van der Waals surface area contributed by atoms with Crippen molar-refractivity contribution in [3.8, 4) is 0 Å². The van der Waals surface area contributed by atoms with Gasteiger partial charge in [0, 0.05) is 6.42 Å². The van der Waals surface area contributed by atoms with Crippen LogP contribution in [0.4, 0.5) is 8.78 Å². The van der Waals surface area contributed by atoms with Gasteiger partial charge in [-0.05, 0) is 25.8 Å². The van der Waals surface area contributed by atoms with Gasteiger partial charge in [-0.15, -0.1) is 0 Å². The predicted octanol–water partition coefficient (Wildman–Crippen LogP) is 3.34. The van der Waals surface area contributed by atoms with Crippen molar-refractivity contribution in [2.24, 2.45) is 0 Å². The molecule has 3 heteroatoms. The normalized spacial score (nSPS) is 26.4. The summed E-state index contributed by atoms with van der Waals surface area (Å²) in [5.41, 5.74) is 0. The number of hydrogen-bond donors (Lipinski definition) is 1. The van der Waals surface area contributed by atoms with Crippen molar-refractivity contribution in [2.45, 2.75) is 63.8 Å². The molecule has 1 atom stereocenters. The fourth-order valence-corrected chi connectivity index (χ4v) is 2.00. The van der Waals surface area contributed by atoms with Gasteiger partial charge in [-0.3, -0.25) is 0 Å². The largest absolute Gasteiger partial charge is 0.309 e. The first-order valence-corrected chi connectivity index (χ1v) is 5.78. The molecule has 0 aliphatic heterocycles. The molecular formula is C11H21F2N. The zero-order valence-corrected chi connectivity index (χ0v) is 8.99. The second-order valence-corrected chi connectivity index (χ2v) is 4.22.